The smallest absolute Gasteiger partial charge is 0.160 e. The van der Waals surface area contributed by atoms with Crippen LogP contribution >= 0.6 is 0 Å². The zero-order chi connectivity index (χ0) is 11.6. The van der Waals surface area contributed by atoms with Crippen LogP contribution in [0.1, 0.15) is 60.7 Å². The van der Waals surface area contributed by atoms with E-state index in [1.54, 1.807) is 6.92 Å². The maximum atomic E-state index is 11.6. The van der Waals surface area contributed by atoms with Crippen LogP contribution in [0.5, 0.6) is 0 Å². The van der Waals surface area contributed by atoms with Gasteiger partial charge in [-0.05, 0) is 48.9 Å². The molecule has 0 amide bonds. The Hall–Kier alpha value is -1.11. The fourth-order valence-electron chi connectivity index (χ4n) is 1.96. The van der Waals surface area contributed by atoms with E-state index in [-0.39, 0.29) is 5.78 Å². The molecule has 0 bridgehead atoms. The summed E-state index contributed by atoms with van der Waals surface area (Å²) in [6.07, 6.45) is 0.930. The van der Waals surface area contributed by atoms with Crippen molar-refractivity contribution in [2.45, 2.75) is 47.0 Å². The van der Waals surface area contributed by atoms with Gasteiger partial charge in [0.2, 0.25) is 0 Å². The molecular formula is C14H20O. The van der Waals surface area contributed by atoms with Gasteiger partial charge >= 0.3 is 0 Å². The molecule has 0 aliphatic carbocycles. The Morgan fingerprint density at radius 3 is 2.33 bits per heavy atom. The SMILES string of the molecule is CCc1c(C)cc(C(C)C)cc1C(C)=O. The Bertz CT molecular complexity index is 375. The number of Topliss-reactive ketones (excluding diaryl/α,β-unsaturated/α-hetero) is 1. The first kappa shape index (κ1) is 12.0. The minimum absolute atomic E-state index is 0.178. The predicted octanol–water partition coefficient (Wildman–Crippen LogP) is 3.88. The van der Waals surface area contributed by atoms with E-state index in [0.717, 1.165) is 12.0 Å². The third-order valence-corrected chi connectivity index (χ3v) is 2.89. The Morgan fingerprint density at radius 1 is 1.33 bits per heavy atom. The lowest BCUT2D eigenvalue weighted by Crippen LogP contribution is -2.04. The van der Waals surface area contributed by atoms with Crippen LogP contribution in [0.2, 0.25) is 0 Å². The van der Waals surface area contributed by atoms with Crippen molar-refractivity contribution in [2.24, 2.45) is 0 Å². The first-order chi connectivity index (χ1) is 6.97. The van der Waals surface area contributed by atoms with Crippen LogP contribution in [-0.2, 0) is 6.42 Å². The number of hydrogen-bond acceptors (Lipinski definition) is 1. The highest BCUT2D eigenvalue weighted by molar-refractivity contribution is 5.96. The monoisotopic (exact) mass is 204 g/mol. The molecule has 1 aromatic rings. The van der Waals surface area contributed by atoms with Crippen molar-refractivity contribution >= 4 is 5.78 Å². The van der Waals surface area contributed by atoms with E-state index in [1.165, 1.54) is 16.7 Å². The highest BCUT2D eigenvalue weighted by Gasteiger charge is 2.11. The Labute approximate surface area is 92.5 Å². The van der Waals surface area contributed by atoms with E-state index < -0.39 is 0 Å². The van der Waals surface area contributed by atoms with Crippen LogP contribution in [0.3, 0.4) is 0 Å². The second-order valence-electron chi connectivity index (χ2n) is 4.43. The van der Waals surface area contributed by atoms with E-state index in [0.29, 0.717) is 5.92 Å². The van der Waals surface area contributed by atoms with Crippen molar-refractivity contribution in [1.82, 2.24) is 0 Å². The lowest BCUT2D eigenvalue weighted by atomic mass is 9.91. The average molecular weight is 204 g/mol. The van der Waals surface area contributed by atoms with Crippen LogP contribution < -0.4 is 0 Å². The third kappa shape index (κ3) is 2.47. The maximum Gasteiger partial charge on any atom is 0.160 e. The first-order valence-electron chi connectivity index (χ1n) is 5.61. The lowest BCUT2D eigenvalue weighted by Gasteiger charge is -2.14. The molecular weight excluding hydrogens is 184 g/mol. The molecule has 0 unspecified atom stereocenters. The molecule has 0 atom stereocenters. The van der Waals surface area contributed by atoms with Crippen molar-refractivity contribution in [3.8, 4) is 0 Å². The number of benzene rings is 1. The summed E-state index contributed by atoms with van der Waals surface area (Å²) in [5.41, 5.74) is 4.61. The number of hydrogen-bond donors (Lipinski definition) is 0. The van der Waals surface area contributed by atoms with Gasteiger partial charge in [-0.3, -0.25) is 4.79 Å². The van der Waals surface area contributed by atoms with Crippen molar-refractivity contribution in [3.05, 3.63) is 34.4 Å². The third-order valence-electron chi connectivity index (χ3n) is 2.89. The standard InChI is InChI=1S/C14H20O/c1-6-13-10(4)7-12(9(2)3)8-14(13)11(5)15/h7-9H,6H2,1-5H3. The average Bonchev–Trinajstić information content (AvgIpc) is 2.16. The summed E-state index contributed by atoms with van der Waals surface area (Å²) < 4.78 is 0. The van der Waals surface area contributed by atoms with Gasteiger partial charge in [-0.15, -0.1) is 0 Å². The molecule has 0 aromatic heterocycles. The minimum Gasteiger partial charge on any atom is -0.295 e. The number of aryl methyl sites for hydroxylation is 1. The molecule has 82 valence electrons. The van der Waals surface area contributed by atoms with Gasteiger partial charge in [-0.1, -0.05) is 26.8 Å². The van der Waals surface area contributed by atoms with Gasteiger partial charge < -0.3 is 0 Å². The van der Waals surface area contributed by atoms with E-state index in [2.05, 4.69) is 39.8 Å². The number of ketones is 1. The van der Waals surface area contributed by atoms with Crippen LogP contribution in [0, 0.1) is 6.92 Å². The zero-order valence-corrected chi connectivity index (χ0v) is 10.3. The largest absolute Gasteiger partial charge is 0.295 e. The maximum absolute atomic E-state index is 11.6. The lowest BCUT2D eigenvalue weighted by molar-refractivity contribution is 0.101. The molecule has 0 saturated heterocycles. The van der Waals surface area contributed by atoms with Crippen molar-refractivity contribution in [3.63, 3.8) is 0 Å². The van der Waals surface area contributed by atoms with Gasteiger partial charge in [-0.2, -0.15) is 0 Å². The minimum atomic E-state index is 0.178. The normalized spacial score (nSPS) is 10.8. The molecule has 1 nitrogen and oxygen atoms in total. The summed E-state index contributed by atoms with van der Waals surface area (Å²) in [7, 11) is 0. The van der Waals surface area contributed by atoms with Gasteiger partial charge in [0.05, 0.1) is 0 Å². The van der Waals surface area contributed by atoms with E-state index >= 15 is 0 Å². The van der Waals surface area contributed by atoms with Gasteiger partial charge in [0.25, 0.3) is 0 Å². The molecule has 0 spiro atoms. The molecule has 0 N–H and O–H groups in total. The van der Waals surface area contributed by atoms with Gasteiger partial charge in [0.15, 0.2) is 5.78 Å². The Balaban J connectivity index is 3.38. The van der Waals surface area contributed by atoms with Crippen LogP contribution in [-0.4, -0.2) is 5.78 Å². The van der Waals surface area contributed by atoms with Gasteiger partial charge in [0, 0.05) is 5.56 Å². The molecule has 0 aliphatic heterocycles. The molecule has 0 heterocycles. The topological polar surface area (TPSA) is 17.1 Å². The summed E-state index contributed by atoms with van der Waals surface area (Å²) in [4.78, 5) is 11.6. The van der Waals surface area contributed by atoms with Gasteiger partial charge in [0.1, 0.15) is 0 Å². The Morgan fingerprint density at radius 2 is 1.93 bits per heavy atom. The van der Waals surface area contributed by atoms with Crippen molar-refractivity contribution < 1.29 is 4.79 Å². The molecule has 1 aromatic carbocycles. The molecule has 1 heteroatoms. The molecule has 0 fully saturated rings. The second-order valence-corrected chi connectivity index (χ2v) is 4.43. The van der Waals surface area contributed by atoms with Crippen LogP contribution in [0.15, 0.2) is 12.1 Å². The highest BCUT2D eigenvalue weighted by Crippen LogP contribution is 2.23. The van der Waals surface area contributed by atoms with E-state index in [9.17, 15) is 4.79 Å². The molecule has 1 rings (SSSR count). The second kappa shape index (κ2) is 4.61. The van der Waals surface area contributed by atoms with E-state index in [1.807, 2.05) is 0 Å². The van der Waals surface area contributed by atoms with E-state index in [4.69, 9.17) is 0 Å². The number of rotatable bonds is 3. The van der Waals surface area contributed by atoms with Gasteiger partial charge in [-0.25, -0.2) is 0 Å². The first-order valence-corrected chi connectivity index (χ1v) is 5.61. The molecule has 0 radical (unpaired) electrons. The fraction of sp³-hybridized carbons (Fsp3) is 0.500. The summed E-state index contributed by atoms with van der Waals surface area (Å²) in [5.74, 6) is 0.658. The number of carbonyl (C=O) groups is 1. The predicted molar refractivity (Wildman–Crippen MR) is 64.7 cm³/mol. The Kier molecular flexibility index (Phi) is 3.67. The summed E-state index contributed by atoms with van der Waals surface area (Å²) in [5, 5.41) is 0. The van der Waals surface area contributed by atoms with Crippen LogP contribution in [0.25, 0.3) is 0 Å². The highest BCUT2D eigenvalue weighted by atomic mass is 16.1. The summed E-state index contributed by atoms with van der Waals surface area (Å²) in [6, 6.07) is 4.26. The summed E-state index contributed by atoms with van der Waals surface area (Å²) in [6.45, 7) is 10.2. The van der Waals surface area contributed by atoms with Crippen molar-refractivity contribution in [2.75, 3.05) is 0 Å². The fourth-order valence-corrected chi connectivity index (χ4v) is 1.96. The quantitative estimate of drug-likeness (QED) is 0.683. The molecule has 15 heavy (non-hydrogen) atoms. The number of carbonyl (C=O) groups excluding carboxylic acids is 1. The van der Waals surface area contributed by atoms with Crippen LogP contribution in [0.4, 0.5) is 0 Å². The summed E-state index contributed by atoms with van der Waals surface area (Å²) >= 11 is 0. The van der Waals surface area contributed by atoms with Crippen molar-refractivity contribution in [1.29, 1.82) is 0 Å². The molecule has 0 aliphatic rings. The zero-order valence-electron chi connectivity index (χ0n) is 10.3. The molecule has 0 saturated carbocycles.